The van der Waals surface area contributed by atoms with Crippen molar-refractivity contribution in [3.05, 3.63) is 71.1 Å². The Hall–Kier alpha value is -3.37. The van der Waals surface area contributed by atoms with E-state index in [4.69, 9.17) is 4.74 Å². The summed E-state index contributed by atoms with van der Waals surface area (Å²) in [6.07, 6.45) is 0. The molecule has 1 heterocycles. The molecular weight excluding hydrogens is 426 g/mol. The van der Waals surface area contributed by atoms with Gasteiger partial charge in [0, 0.05) is 18.3 Å². The van der Waals surface area contributed by atoms with Crippen LogP contribution < -0.4 is 20.1 Å². The third-order valence-corrected chi connectivity index (χ3v) is 6.34. The lowest BCUT2D eigenvalue weighted by Crippen LogP contribution is -2.20. The second-order valence-electron chi connectivity index (χ2n) is 6.06. The largest absolute Gasteiger partial charge is 0.497 e. The molecule has 3 N–H and O–H groups in total. The number of thiophene rings is 1. The highest BCUT2D eigenvalue weighted by Crippen LogP contribution is 2.25. The smallest absolute Gasteiger partial charge is 0.261 e. The molecule has 0 saturated heterocycles. The fourth-order valence-corrected chi connectivity index (χ4v) is 4.42. The van der Waals surface area contributed by atoms with Gasteiger partial charge in [-0.25, -0.2) is 8.42 Å². The summed E-state index contributed by atoms with van der Waals surface area (Å²) in [5.74, 6) is -0.238. The van der Waals surface area contributed by atoms with Gasteiger partial charge in [0.1, 0.15) is 10.8 Å². The summed E-state index contributed by atoms with van der Waals surface area (Å²) < 4.78 is 32.7. The van der Waals surface area contributed by atoms with Crippen LogP contribution in [-0.4, -0.2) is 34.4 Å². The number of rotatable bonds is 7. The molecule has 0 aliphatic carbocycles. The predicted octanol–water partition coefficient (Wildman–Crippen LogP) is 3.17. The summed E-state index contributed by atoms with van der Waals surface area (Å²) in [6, 6.07) is 13.6. The summed E-state index contributed by atoms with van der Waals surface area (Å²) in [5.41, 5.74) is 0.824. The van der Waals surface area contributed by atoms with Crippen LogP contribution in [0.1, 0.15) is 20.7 Å². The van der Waals surface area contributed by atoms with Crippen molar-refractivity contribution in [2.45, 2.75) is 4.90 Å². The number of hydrogen-bond donors (Lipinski definition) is 3. The van der Waals surface area contributed by atoms with E-state index in [1.807, 2.05) is 0 Å². The molecule has 3 rings (SSSR count). The standard InChI is InChI=1S/C20H19N3O5S2/c1-21-19(25)17-10-11-29-20(17)22-18(24)13-4-3-5-14(12-13)23-30(26,27)16-8-6-15(28-2)7-9-16/h3-12,23H,1-2H3,(H,21,25)(H,22,24). The molecule has 0 unspecified atom stereocenters. The van der Waals surface area contributed by atoms with Crippen LogP contribution in [0.4, 0.5) is 10.7 Å². The molecule has 1 aromatic heterocycles. The van der Waals surface area contributed by atoms with Crippen LogP contribution in [0.15, 0.2) is 64.9 Å². The van der Waals surface area contributed by atoms with E-state index in [1.165, 1.54) is 43.7 Å². The van der Waals surface area contributed by atoms with Crippen LogP contribution >= 0.6 is 11.3 Å². The first-order valence-electron chi connectivity index (χ1n) is 8.72. The minimum atomic E-state index is -3.84. The number of hydrogen-bond acceptors (Lipinski definition) is 6. The van der Waals surface area contributed by atoms with Gasteiger partial charge < -0.3 is 15.4 Å². The second kappa shape index (κ2) is 8.97. The van der Waals surface area contributed by atoms with E-state index in [9.17, 15) is 18.0 Å². The molecule has 156 valence electrons. The van der Waals surface area contributed by atoms with Gasteiger partial charge in [0.2, 0.25) is 0 Å². The van der Waals surface area contributed by atoms with E-state index in [1.54, 1.807) is 41.8 Å². The van der Waals surface area contributed by atoms with Crippen LogP contribution in [0.25, 0.3) is 0 Å². The van der Waals surface area contributed by atoms with Crippen molar-refractivity contribution in [1.82, 2.24) is 5.32 Å². The summed E-state index contributed by atoms with van der Waals surface area (Å²) in [4.78, 5) is 24.5. The van der Waals surface area contributed by atoms with Gasteiger partial charge in [0.05, 0.1) is 17.6 Å². The molecule has 0 atom stereocenters. The molecular formula is C20H19N3O5S2. The monoisotopic (exact) mass is 445 g/mol. The van der Waals surface area contributed by atoms with Crippen LogP contribution in [0, 0.1) is 0 Å². The first kappa shape index (κ1) is 21.3. The number of sulfonamides is 1. The average Bonchev–Trinajstić information content (AvgIpc) is 3.21. The predicted molar refractivity (Wildman–Crippen MR) is 116 cm³/mol. The van der Waals surface area contributed by atoms with Crippen molar-refractivity contribution in [3.8, 4) is 5.75 Å². The Morgan fingerprint density at radius 2 is 1.73 bits per heavy atom. The Kier molecular flexibility index (Phi) is 6.38. The lowest BCUT2D eigenvalue weighted by Gasteiger charge is -2.10. The lowest BCUT2D eigenvalue weighted by molar-refractivity contribution is 0.0964. The lowest BCUT2D eigenvalue weighted by atomic mass is 10.2. The fourth-order valence-electron chi connectivity index (χ4n) is 2.59. The topological polar surface area (TPSA) is 114 Å². The maximum Gasteiger partial charge on any atom is 0.261 e. The molecule has 3 aromatic rings. The molecule has 0 fully saturated rings. The molecule has 10 heteroatoms. The first-order chi connectivity index (χ1) is 14.3. The van der Waals surface area contributed by atoms with Crippen molar-refractivity contribution in [2.24, 2.45) is 0 Å². The molecule has 0 aliphatic heterocycles. The second-order valence-corrected chi connectivity index (χ2v) is 8.66. The van der Waals surface area contributed by atoms with Crippen LogP contribution in [0.3, 0.4) is 0 Å². The van der Waals surface area contributed by atoms with Gasteiger partial charge in [0.15, 0.2) is 0 Å². The van der Waals surface area contributed by atoms with Gasteiger partial charge in [-0.1, -0.05) is 6.07 Å². The normalized spacial score (nSPS) is 10.9. The Morgan fingerprint density at radius 3 is 2.40 bits per heavy atom. The average molecular weight is 446 g/mol. The minimum Gasteiger partial charge on any atom is -0.497 e. The Morgan fingerprint density at radius 1 is 1.00 bits per heavy atom. The zero-order chi connectivity index (χ0) is 21.7. The summed E-state index contributed by atoms with van der Waals surface area (Å²) in [6.45, 7) is 0. The van der Waals surface area contributed by atoms with Gasteiger partial charge >= 0.3 is 0 Å². The Labute approximate surface area is 177 Å². The number of benzene rings is 2. The molecule has 0 radical (unpaired) electrons. The molecule has 8 nitrogen and oxygen atoms in total. The third-order valence-electron chi connectivity index (χ3n) is 4.11. The third kappa shape index (κ3) is 4.78. The van der Waals surface area contributed by atoms with Crippen molar-refractivity contribution >= 4 is 43.9 Å². The van der Waals surface area contributed by atoms with Crippen molar-refractivity contribution in [2.75, 3.05) is 24.2 Å². The molecule has 0 bridgehead atoms. The van der Waals surface area contributed by atoms with Crippen LogP contribution in [0.5, 0.6) is 5.75 Å². The van der Waals surface area contributed by atoms with Gasteiger partial charge in [-0.05, 0) is 53.9 Å². The maximum atomic E-state index is 12.6. The van der Waals surface area contributed by atoms with E-state index in [0.29, 0.717) is 16.3 Å². The van der Waals surface area contributed by atoms with Crippen molar-refractivity contribution in [1.29, 1.82) is 0 Å². The van der Waals surface area contributed by atoms with Crippen LogP contribution in [-0.2, 0) is 10.0 Å². The number of amides is 2. The number of anilines is 2. The highest BCUT2D eigenvalue weighted by molar-refractivity contribution is 7.92. The molecule has 30 heavy (non-hydrogen) atoms. The van der Waals surface area contributed by atoms with E-state index < -0.39 is 15.9 Å². The number of nitrogens with one attached hydrogen (secondary N) is 3. The molecule has 0 saturated carbocycles. The number of carbonyl (C=O) groups is 2. The van der Waals surface area contributed by atoms with Crippen LogP contribution in [0.2, 0.25) is 0 Å². The van der Waals surface area contributed by atoms with Crippen molar-refractivity contribution in [3.63, 3.8) is 0 Å². The fraction of sp³-hybridized carbons (Fsp3) is 0.100. The summed E-state index contributed by atoms with van der Waals surface area (Å²) in [5, 5.41) is 7.29. The van der Waals surface area contributed by atoms with Gasteiger partial charge in [-0.15, -0.1) is 11.3 Å². The number of ether oxygens (including phenoxy) is 1. The van der Waals surface area contributed by atoms with Crippen molar-refractivity contribution < 1.29 is 22.7 Å². The first-order valence-corrected chi connectivity index (χ1v) is 11.1. The Bertz CT molecular complexity index is 1170. The SMILES string of the molecule is CNC(=O)c1ccsc1NC(=O)c1cccc(NS(=O)(=O)c2ccc(OC)cc2)c1. The number of methoxy groups -OCH3 is 1. The number of carbonyl (C=O) groups excluding carboxylic acids is 2. The van der Waals surface area contributed by atoms with Gasteiger partial charge in [-0.3, -0.25) is 14.3 Å². The highest BCUT2D eigenvalue weighted by Gasteiger charge is 2.17. The molecule has 2 aromatic carbocycles. The zero-order valence-electron chi connectivity index (χ0n) is 16.1. The Balaban J connectivity index is 1.78. The molecule has 2 amide bonds. The highest BCUT2D eigenvalue weighted by atomic mass is 32.2. The molecule has 0 aliphatic rings. The van der Waals surface area contributed by atoms with Gasteiger partial charge in [0.25, 0.3) is 21.8 Å². The van der Waals surface area contributed by atoms with E-state index >= 15 is 0 Å². The quantitative estimate of drug-likeness (QED) is 0.517. The minimum absolute atomic E-state index is 0.0620. The van der Waals surface area contributed by atoms with E-state index in [2.05, 4.69) is 15.4 Å². The summed E-state index contributed by atoms with van der Waals surface area (Å²) >= 11 is 1.22. The zero-order valence-corrected chi connectivity index (χ0v) is 17.8. The maximum absolute atomic E-state index is 12.6. The van der Waals surface area contributed by atoms with E-state index in [-0.39, 0.29) is 22.1 Å². The van der Waals surface area contributed by atoms with E-state index in [0.717, 1.165) is 0 Å². The van der Waals surface area contributed by atoms with Gasteiger partial charge in [-0.2, -0.15) is 0 Å². The summed E-state index contributed by atoms with van der Waals surface area (Å²) in [7, 11) is -0.844. The molecule has 0 spiro atoms.